The molecule has 1 aliphatic heterocycles. The maximum atomic E-state index is 13.1. The molecular formula is C18H21N5O2. The fraction of sp³-hybridized carbons (Fsp3) is 0.389. The van der Waals surface area contributed by atoms with Crippen molar-refractivity contribution in [2.45, 2.75) is 26.3 Å². The molecule has 7 heteroatoms. The van der Waals surface area contributed by atoms with Crippen LogP contribution in [0.5, 0.6) is 0 Å². The number of aryl methyl sites for hydroxylation is 2. The van der Waals surface area contributed by atoms with Crippen molar-refractivity contribution in [3.63, 3.8) is 0 Å². The van der Waals surface area contributed by atoms with E-state index >= 15 is 0 Å². The number of aromatic amines is 1. The first-order valence-electron chi connectivity index (χ1n) is 8.45. The van der Waals surface area contributed by atoms with E-state index in [1.54, 1.807) is 6.20 Å². The topological polar surface area (TPSA) is 75.5 Å². The van der Waals surface area contributed by atoms with Crippen molar-refractivity contribution in [1.82, 2.24) is 24.5 Å². The van der Waals surface area contributed by atoms with Crippen LogP contribution in [0.25, 0.3) is 5.65 Å². The first kappa shape index (κ1) is 15.8. The third-order valence-electron chi connectivity index (χ3n) is 4.80. The lowest BCUT2D eigenvalue weighted by molar-refractivity contribution is -0.139. The normalized spacial score (nSPS) is 18.0. The number of ether oxygens (including phenoxy) is 1. The predicted octanol–water partition coefficient (Wildman–Crippen LogP) is 1.82. The summed E-state index contributed by atoms with van der Waals surface area (Å²) in [6.45, 7) is 5.57. The molecule has 130 valence electrons. The van der Waals surface area contributed by atoms with Gasteiger partial charge in [-0.25, -0.2) is 4.98 Å². The van der Waals surface area contributed by atoms with E-state index in [0.717, 1.165) is 28.3 Å². The number of rotatable bonds is 3. The Morgan fingerprint density at radius 1 is 1.40 bits per heavy atom. The lowest BCUT2D eigenvalue weighted by Gasteiger charge is -2.35. The second-order valence-corrected chi connectivity index (χ2v) is 6.39. The molecule has 3 aromatic rings. The highest BCUT2D eigenvalue weighted by molar-refractivity contribution is 5.79. The Morgan fingerprint density at radius 2 is 2.28 bits per heavy atom. The highest BCUT2D eigenvalue weighted by Gasteiger charge is 2.31. The zero-order chi connectivity index (χ0) is 17.4. The van der Waals surface area contributed by atoms with Gasteiger partial charge in [-0.3, -0.25) is 9.89 Å². The average Bonchev–Trinajstić information content (AvgIpc) is 3.18. The highest BCUT2D eigenvalue weighted by atomic mass is 16.5. The largest absolute Gasteiger partial charge is 0.377 e. The summed E-state index contributed by atoms with van der Waals surface area (Å²) >= 11 is 0. The van der Waals surface area contributed by atoms with Crippen LogP contribution in [0.4, 0.5) is 0 Å². The zero-order valence-electron chi connectivity index (χ0n) is 14.4. The minimum Gasteiger partial charge on any atom is -0.377 e. The van der Waals surface area contributed by atoms with E-state index in [-0.39, 0.29) is 11.9 Å². The number of H-pyrrole nitrogens is 1. The molecule has 3 aromatic heterocycles. The summed E-state index contributed by atoms with van der Waals surface area (Å²) < 4.78 is 7.60. The molecule has 4 rings (SSSR count). The summed E-state index contributed by atoms with van der Waals surface area (Å²) in [5.74, 6) is 0.0797. The summed E-state index contributed by atoms with van der Waals surface area (Å²) in [7, 11) is 0. The van der Waals surface area contributed by atoms with E-state index in [1.807, 2.05) is 47.5 Å². The van der Waals surface area contributed by atoms with Gasteiger partial charge in [0.2, 0.25) is 5.91 Å². The molecule has 1 atom stereocenters. The minimum atomic E-state index is -0.122. The van der Waals surface area contributed by atoms with Gasteiger partial charge >= 0.3 is 0 Å². The van der Waals surface area contributed by atoms with Gasteiger partial charge in [0.15, 0.2) is 0 Å². The van der Waals surface area contributed by atoms with Crippen LogP contribution in [0.1, 0.15) is 28.7 Å². The molecule has 4 heterocycles. The molecule has 0 bridgehead atoms. The van der Waals surface area contributed by atoms with Crippen molar-refractivity contribution in [3.8, 4) is 0 Å². The number of aromatic nitrogens is 4. The van der Waals surface area contributed by atoms with Gasteiger partial charge < -0.3 is 14.0 Å². The minimum absolute atomic E-state index is 0.0797. The Bertz CT molecular complexity index is 913. The summed E-state index contributed by atoms with van der Waals surface area (Å²) in [6, 6.07) is 5.73. The van der Waals surface area contributed by atoms with Crippen LogP contribution in [-0.2, 0) is 16.0 Å². The van der Waals surface area contributed by atoms with E-state index in [1.165, 1.54) is 0 Å². The van der Waals surface area contributed by atoms with Crippen LogP contribution in [-0.4, -0.2) is 50.1 Å². The van der Waals surface area contributed by atoms with E-state index in [4.69, 9.17) is 4.74 Å². The van der Waals surface area contributed by atoms with E-state index in [0.29, 0.717) is 26.2 Å². The Kier molecular flexibility index (Phi) is 4.01. The molecule has 25 heavy (non-hydrogen) atoms. The quantitative estimate of drug-likeness (QED) is 0.790. The van der Waals surface area contributed by atoms with Gasteiger partial charge in [-0.15, -0.1) is 0 Å². The van der Waals surface area contributed by atoms with Gasteiger partial charge in [0.1, 0.15) is 5.65 Å². The van der Waals surface area contributed by atoms with Crippen LogP contribution in [0.3, 0.4) is 0 Å². The number of carbonyl (C=O) groups is 1. The van der Waals surface area contributed by atoms with Crippen molar-refractivity contribution >= 4 is 11.6 Å². The second kappa shape index (κ2) is 6.33. The summed E-state index contributed by atoms with van der Waals surface area (Å²) in [4.78, 5) is 19.5. The number of pyridine rings is 1. The smallest absolute Gasteiger partial charge is 0.229 e. The zero-order valence-corrected chi connectivity index (χ0v) is 14.4. The fourth-order valence-electron chi connectivity index (χ4n) is 3.46. The number of amides is 1. The molecule has 1 saturated heterocycles. The number of nitrogens with zero attached hydrogens (tertiary/aromatic N) is 4. The third-order valence-corrected chi connectivity index (χ3v) is 4.80. The number of nitrogens with one attached hydrogen (secondary N) is 1. The number of fused-ring (bicyclic) bond motifs is 1. The first-order chi connectivity index (χ1) is 12.1. The van der Waals surface area contributed by atoms with Crippen molar-refractivity contribution in [2.24, 2.45) is 0 Å². The Balaban J connectivity index is 1.62. The Morgan fingerprint density at radius 3 is 3.08 bits per heavy atom. The van der Waals surface area contributed by atoms with Crippen LogP contribution in [0, 0.1) is 13.8 Å². The molecule has 0 radical (unpaired) electrons. The molecule has 0 aromatic carbocycles. The van der Waals surface area contributed by atoms with Gasteiger partial charge in [0, 0.05) is 12.7 Å². The van der Waals surface area contributed by atoms with E-state index < -0.39 is 0 Å². The van der Waals surface area contributed by atoms with Gasteiger partial charge in [-0.05, 0) is 31.5 Å². The maximum Gasteiger partial charge on any atom is 0.229 e. The first-order valence-corrected chi connectivity index (χ1v) is 8.45. The molecule has 0 saturated carbocycles. The molecule has 7 nitrogen and oxygen atoms in total. The van der Waals surface area contributed by atoms with Crippen molar-refractivity contribution in [2.75, 3.05) is 19.8 Å². The molecular weight excluding hydrogens is 318 g/mol. The van der Waals surface area contributed by atoms with Crippen molar-refractivity contribution < 1.29 is 9.53 Å². The summed E-state index contributed by atoms with van der Waals surface area (Å²) in [5.41, 5.74) is 4.68. The molecule has 1 unspecified atom stereocenters. The second-order valence-electron chi connectivity index (χ2n) is 6.39. The standard InChI is InChI=1S/C18H21N5O2/c1-12-10-19-21-18(12)15-11-25-8-7-23(15)17(24)9-14-13(2)20-16-5-3-4-6-22(14)16/h3-6,10,15H,7-9,11H2,1-2H3,(H,19,21). The molecule has 0 aliphatic carbocycles. The lowest BCUT2D eigenvalue weighted by atomic mass is 10.1. The van der Waals surface area contributed by atoms with Crippen molar-refractivity contribution in [3.05, 3.63) is 53.2 Å². The number of morpholine rings is 1. The predicted molar refractivity (Wildman–Crippen MR) is 92.2 cm³/mol. The third kappa shape index (κ3) is 2.80. The number of imidazole rings is 1. The number of hydrogen-bond acceptors (Lipinski definition) is 4. The SMILES string of the molecule is Cc1cn[nH]c1C1COCCN1C(=O)Cc1c(C)nc2ccccn12. The number of hydrogen-bond donors (Lipinski definition) is 1. The molecule has 1 N–H and O–H groups in total. The molecule has 1 fully saturated rings. The van der Waals surface area contributed by atoms with Crippen molar-refractivity contribution in [1.29, 1.82) is 0 Å². The van der Waals surface area contributed by atoms with E-state index in [2.05, 4.69) is 15.2 Å². The molecule has 0 spiro atoms. The summed E-state index contributed by atoms with van der Waals surface area (Å²) in [5, 5.41) is 7.11. The fourth-order valence-corrected chi connectivity index (χ4v) is 3.46. The molecule has 1 amide bonds. The molecule has 1 aliphatic rings. The van der Waals surface area contributed by atoms with Crippen LogP contribution in [0.2, 0.25) is 0 Å². The van der Waals surface area contributed by atoms with Gasteiger partial charge in [-0.2, -0.15) is 5.10 Å². The highest BCUT2D eigenvalue weighted by Crippen LogP contribution is 2.26. The maximum absolute atomic E-state index is 13.1. The monoisotopic (exact) mass is 339 g/mol. The van der Waals surface area contributed by atoms with Crippen LogP contribution < -0.4 is 0 Å². The van der Waals surface area contributed by atoms with Crippen LogP contribution >= 0.6 is 0 Å². The lowest BCUT2D eigenvalue weighted by Crippen LogP contribution is -2.44. The van der Waals surface area contributed by atoms with Gasteiger partial charge in [0.25, 0.3) is 0 Å². The Hall–Kier alpha value is -2.67. The number of carbonyl (C=O) groups excluding carboxylic acids is 1. The Labute approximate surface area is 145 Å². The average molecular weight is 339 g/mol. The van der Waals surface area contributed by atoms with Gasteiger partial charge in [-0.1, -0.05) is 6.07 Å². The van der Waals surface area contributed by atoms with E-state index in [9.17, 15) is 4.79 Å². The summed E-state index contributed by atoms with van der Waals surface area (Å²) in [6.07, 6.45) is 4.05. The van der Waals surface area contributed by atoms with Gasteiger partial charge in [0.05, 0.1) is 49.0 Å². The van der Waals surface area contributed by atoms with Crippen LogP contribution in [0.15, 0.2) is 30.6 Å².